The molecule has 2 aromatic carbocycles. The van der Waals surface area contributed by atoms with E-state index in [1.807, 2.05) is 18.2 Å². The largest absolute Gasteiger partial charge is 0.497 e. The number of rotatable bonds is 9. The molecular weight excluding hydrogens is 420 g/mol. The fraction of sp³-hybridized carbons (Fsp3) is 0.409. The van der Waals surface area contributed by atoms with Crippen molar-refractivity contribution in [2.24, 2.45) is 5.92 Å². The molecular formula is C22H28N2O6S. The Morgan fingerprint density at radius 3 is 2.48 bits per heavy atom. The zero-order valence-electron chi connectivity index (χ0n) is 17.7. The first kappa shape index (κ1) is 22.9. The molecule has 0 spiro atoms. The average Bonchev–Trinajstić information content (AvgIpc) is 2.82. The zero-order chi connectivity index (χ0) is 22.3. The summed E-state index contributed by atoms with van der Waals surface area (Å²) in [5, 5.41) is 2.84. The Hall–Kier alpha value is -2.78. The summed E-state index contributed by atoms with van der Waals surface area (Å²) in [6.07, 6.45) is 1.28. The molecule has 1 atom stereocenters. The van der Waals surface area contributed by atoms with Crippen molar-refractivity contribution in [1.29, 1.82) is 0 Å². The van der Waals surface area contributed by atoms with Gasteiger partial charge in [-0.1, -0.05) is 6.07 Å². The molecule has 9 heteroatoms. The van der Waals surface area contributed by atoms with Crippen LogP contribution in [0.4, 0.5) is 0 Å². The van der Waals surface area contributed by atoms with Crippen LogP contribution in [-0.4, -0.2) is 59.1 Å². The van der Waals surface area contributed by atoms with Gasteiger partial charge in [-0.15, -0.1) is 0 Å². The van der Waals surface area contributed by atoms with Gasteiger partial charge >= 0.3 is 0 Å². The Kier molecular flexibility index (Phi) is 7.75. The minimum Gasteiger partial charge on any atom is -0.497 e. The van der Waals surface area contributed by atoms with E-state index in [0.717, 1.165) is 0 Å². The summed E-state index contributed by atoms with van der Waals surface area (Å²) in [6.45, 7) is 1.20. The normalized spacial score (nSPS) is 17.0. The van der Waals surface area contributed by atoms with Crippen molar-refractivity contribution in [2.75, 3.05) is 40.5 Å². The molecule has 0 aliphatic carbocycles. The number of sulfonamides is 1. The van der Waals surface area contributed by atoms with E-state index in [4.69, 9.17) is 14.2 Å². The summed E-state index contributed by atoms with van der Waals surface area (Å²) in [5.74, 6) is 1.39. The lowest BCUT2D eigenvalue weighted by Crippen LogP contribution is -2.45. The number of nitrogens with zero attached hydrogens (tertiary/aromatic N) is 1. The highest BCUT2D eigenvalue weighted by Gasteiger charge is 2.33. The Bertz CT molecular complexity index is 978. The van der Waals surface area contributed by atoms with E-state index >= 15 is 0 Å². The lowest BCUT2D eigenvalue weighted by Gasteiger charge is -2.31. The van der Waals surface area contributed by atoms with Gasteiger partial charge in [0.1, 0.15) is 23.9 Å². The first-order valence-electron chi connectivity index (χ1n) is 10.1. The molecule has 8 nitrogen and oxygen atoms in total. The highest BCUT2D eigenvalue weighted by Crippen LogP contribution is 2.25. The van der Waals surface area contributed by atoms with E-state index in [9.17, 15) is 13.2 Å². The highest BCUT2D eigenvalue weighted by atomic mass is 32.2. The quantitative estimate of drug-likeness (QED) is 0.592. The molecule has 0 bridgehead atoms. The third kappa shape index (κ3) is 5.89. The molecule has 1 aliphatic rings. The van der Waals surface area contributed by atoms with Crippen molar-refractivity contribution >= 4 is 15.9 Å². The van der Waals surface area contributed by atoms with Crippen LogP contribution in [0.25, 0.3) is 0 Å². The number of ether oxygens (including phenoxy) is 3. The average molecular weight is 449 g/mol. The van der Waals surface area contributed by atoms with Crippen molar-refractivity contribution in [2.45, 2.75) is 17.7 Å². The number of amides is 1. The maximum absolute atomic E-state index is 12.9. The molecule has 31 heavy (non-hydrogen) atoms. The van der Waals surface area contributed by atoms with Gasteiger partial charge in [0.2, 0.25) is 15.9 Å². The predicted octanol–water partition coefficient (Wildman–Crippen LogP) is 2.30. The van der Waals surface area contributed by atoms with Gasteiger partial charge in [-0.25, -0.2) is 8.42 Å². The Morgan fingerprint density at radius 1 is 1.06 bits per heavy atom. The Labute approximate surface area is 183 Å². The molecule has 1 N–H and O–H groups in total. The zero-order valence-corrected chi connectivity index (χ0v) is 18.6. The van der Waals surface area contributed by atoms with Crippen LogP contribution >= 0.6 is 0 Å². The van der Waals surface area contributed by atoms with E-state index < -0.39 is 15.9 Å². The number of hydrogen-bond donors (Lipinski definition) is 1. The summed E-state index contributed by atoms with van der Waals surface area (Å²) >= 11 is 0. The lowest BCUT2D eigenvalue weighted by molar-refractivity contribution is -0.126. The smallest absolute Gasteiger partial charge is 0.243 e. The maximum Gasteiger partial charge on any atom is 0.243 e. The fourth-order valence-electron chi connectivity index (χ4n) is 3.45. The predicted molar refractivity (Wildman–Crippen MR) is 116 cm³/mol. The van der Waals surface area contributed by atoms with Crippen LogP contribution in [0.2, 0.25) is 0 Å². The van der Waals surface area contributed by atoms with Gasteiger partial charge in [0.05, 0.1) is 31.6 Å². The van der Waals surface area contributed by atoms with E-state index in [-0.39, 0.29) is 17.3 Å². The van der Waals surface area contributed by atoms with Gasteiger partial charge in [-0.2, -0.15) is 4.31 Å². The Balaban J connectivity index is 1.51. The molecule has 0 aromatic heterocycles. The number of nitrogens with one attached hydrogen (secondary N) is 1. The van der Waals surface area contributed by atoms with Gasteiger partial charge in [-0.3, -0.25) is 4.79 Å². The van der Waals surface area contributed by atoms with E-state index in [1.165, 1.54) is 23.5 Å². The molecule has 168 valence electrons. The Morgan fingerprint density at radius 2 is 1.77 bits per heavy atom. The standard InChI is InChI=1S/C22H28N2O6S/c1-28-18-8-10-21(11-9-18)31(26,27)24-13-4-5-17(16-24)22(25)23-12-14-30-20-7-3-6-19(15-20)29-2/h3,6-11,15,17H,4-5,12-14,16H2,1-2H3,(H,23,25)/t17-/m0/s1. The van der Waals surface area contributed by atoms with Crippen molar-refractivity contribution in [3.8, 4) is 17.2 Å². The fourth-order valence-corrected chi connectivity index (χ4v) is 4.97. The van der Waals surface area contributed by atoms with Gasteiger partial charge < -0.3 is 19.5 Å². The van der Waals surface area contributed by atoms with Gasteiger partial charge in [0.25, 0.3) is 0 Å². The van der Waals surface area contributed by atoms with Crippen LogP contribution in [0.3, 0.4) is 0 Å². The summed E-state index contributed by atoms with van der Waals surface area (Å²) in [7, 11) is -0.548. The molecule has 0 radical (unpaired) electrons. The number of piperidine rings is 1. The summed E-state index contributed by atoms with van der Waals surface area (Å²) < 4.78 is 43.1. The SMILES string of the molecule is COc1ccc(S(=O)(=O)N2CCC[C@H](C(=O)NCCOc3cccc(OC)c3)C2)cc1. The molecule has 1 heterocycles. The monoisotopic (exact) mass is 448 g/mol. The molecule has 1 saturated heterocycles. The van der Waals surface area contributed by atoms with Gasteiger partial charge in [-0.05, 0) is 49.2 Å². The summed E-state index contributed by atoms with van der Waals surface area (Å²) in [6, 6.07) is 13.5. The third-order valence-electron chi connectivity index (χ3n) is 5.16. The van der Waals surface area contributed by atoms with Crippen molar-refractivity contribution in [3.05, 3.63) is 48.5 Å². The minimum absolute atomic E-state index is 0.163. The number of carbonyl (C=O) groups excluding carboxylic acids is 1. The van der Waals surface area contributed by atoms with Crippen molar-refractivity contribution in [3.63, 3.8) is 0 Å². The third-order valence-corrected chi connectivity index (χ3v) is 7.04. The highest BCUT2D eigenvalue weighted by molar-refractivity contribution is 7.89. The molecule has 1 amide bonds. The van der Waals surface area contributed by atoms with Crippen LogP contribution in [0.15, 0.2) is 53.4 Å². The molecule has 0 saturated carbocycles. The molecule has 1 aliphatic heterocycles. The summed E-state index contributed by atoms with van der Waals surface area (Å²) in [4.78, 5) is 12.8. The van der Waals surface area contributed by atoms with E-state index in [2.05, 4.69) is 5.32 Å². The van der Waals surface area contributed by atoms with Crippen LogP contribution in [0, 0.1) is 5.92 Å². The van der Waals surface area contributed by atoms with E-state index in [1.54, 1.807) is 25.3 Å². The topological polar surface area (TPSA) is 94.2 Å². The number of methoxy groups -OCH3 is 2. The lowest BCUT2D eigenvalue weighted by atomic mass is 9.99. The van der Waals surface area contributed by atoms with Crippen LogP contribution < -0.4 is 19.5 Å². The van der Waals surface area contributed by atoms with Gasteiger partial charge in [0, 0.05) is 19.2 Å². The van der Waals surface area contributed by atoms with Crippen molar-refractivity contribution in [1.82, 2.24) is 9.62 Å². The van der Waals surface area contributed by atoms with Crippen molar-refractivity contribution < 1.29 is 27.4 Å². The minimum atomic E-state index is -3.66. The molecule has 0 unspecified atom stereocenters. The second-order valence-corrected chi connectivity index (χ2v) is 9.13. The summed E-state index contributed by atoms with van der Waals surface area (Å²) in [5.41, 5.74) is 0. The first-order chi connectivity index (χ1) is 14.9. The number of hydrogen-bond acceptors (Lipinski definition) is 6. The first-order valence-corrected chi connectivity index (χ1v) is 11.6. The maximum atomic E-state index is 12.9. The van der Waals surface area contributed by atoms with E-state index in [0.29, 0.717) is 49.8 Å². The van der Waals surface area contributed by atoms with Crippen LogP contribution in [-0.2, 0) is 14.8 Å². The molecule has 2 aromatic rings. The molecule has 1 fully saturated rings. The molecule has 3 rings (SSSR count). The second-order valence-electron chi connectivity index (χ2n) is 7.20. The van der Waals surface area contributed by atoms with Crippen LogP contribution in [0.1, 0.15) is 12.8 Å². The second kappa shape index (κ2) is 10.5. The number of benzene rings is 2. The number of carbonyl (C=O) groups is 1. The van der Waals surface area contributed by atoms with Gasteiger partial charge in [0.15, 0.2) is 0 Å². The van der Waals surface area contributed by atoms with Crippen LogP contribution in [0.5, 0.6) is 17.2 Å².